The monoisotopic (exact) mass is 556 g/mol. The molecule has 2 aromatic rings. The highest BCUT2D eigenvalue weighted by Crippen LogP contribution is 2.32. The maximum Gasteiger partial charge on any atom is 0.410 e. The van der Waals surface area contributed by atoms with E-state index < -0.39 is 42.6 Å². The number of nitrogens with one attached hydrogen (secondary N) is 1. The van der Waals surface area contributed by atoms with Crippen LogP contribution in [0.3, 0.4) is 0 Å². The van der Waals surface area contributed by atoms with E-state index in [9.17, 15) is 24.6 Å². The summed E-state index contributed by atoms with van der Waals surface area (Å²) in [7, 11) is 1.66. The van der Waals surface area contributed by atoms with Crippen molar-refractivity contribution < 1.29 is 34.1 Å². The predicted octanol–water partition coefficient (Wildman–Crippen LogP) is -1.41. The van der Waals surface area contributed by atoms with Gasteiger partial charge in [-0.3, -0.25) is 14.2 Å². The molecule has 3 amide bonds. The van der Waals surface area contributed by atoms with E-state index in [-0.39, 0.29) is 34.6 Å². The SMILES string of the molecule is CCNC(=O)[C@H]1O[C@@H](n2cnc3c(N)nc(C#CCC4CCN(C(=O)OC5CN(C)C5=O)CC4)nc32)[C@H](O)[C@@H]1O. The molecule has 0 radical (unpaired) electrons. The van der Waals surface area contributed by atoms with E-state index in [2.05, 4.69) is 32.1 Å². The Morgan fingerprint density at radius 2 is 2.00 bits per heavy atom. The Bertz CT molecular complexity index is 1360. The minimum Gasteiger partial charge on any atom is -0.434 e. The summed E-state index contributed by atoms with van der Waals surface area (Å²) in [4.78, 5) is 52.2. The molecule has 15 heteroatoms. The molecule has 214 valence electrons. The molecule has 40 heavy (non-hydrogen) atoms. The van der Waals surface area contributed by atoms with Crippen LogP contribution in [0.2, 0.25) is 0 Å². The molecule has 0 saturated carbocycles. The lowest BCUT2D eigenvalue weighted by Crippen LogP contribution is -2.57. The second kappa shape index (κ2) is 11.2. The molecule has 5 heterocycles. The van der Waals surface area contributed by atoms with Crippen LogP contribution in [0.1, 0.15) is 38.2 Å². The highest BCUT2D eigenvalue weighted by atomic mass is 16.6. The number of likely N-dealkylation sites (tertiary alicyclic amines) is 2. The minimum absolute atomic E-state index is 0.0873. The van der Waals surface area contributed by atoms with Gasteiger partial charge in [0.25, 0.3) is 11.8 Å². The van der Waals surface area contributed by atoms with E-state index in [4.69, 9.17) is 15.2 Å². The summed E-state index contributed by atoms with van der Waals surface area (Å²) >= 11 is 0. The zero-order valence-corrected chi connectivity index (χ0v) is 22.2. The van der Waals surface area contributed by atoms with E-state index in [0.29, 0.717) is 32.6 Å². The number of ether oxygens (including phenoxy) is 2. The molecular formula is C25H32N8O7. The van der Waals surface area contributed by atoms with Crippen LogP contribution in [-0.4, -0.2) is 115 Å². The number of anilines is 1. The normalized spacial score (nSPS) is 26.8. The Morgan fingerprint density at radius 3 is 2.67 bits per heavy atom. The van der Waals surface area contributed by atoms with Crippen molar-refractivity contribution in [2.45, 2.75) is 56.8 Å². The number of hydrogen-bond acceptors (Lipinski definition) is 11. The third-order valence-electron chi connectivity index (χ3n) is 7.37. The number of β-lactam (4-membered cyclic amide) rings is 1. The van der Waals surface area contributed by atoms with Crippen LogP contribution in [0.4, 0.5) is 10.6 Å². The number of nitrogens with zero attached hydrogens (tertiary/aromatic N) is 6. The van der Waals surface area contributed by atoms with E-state index in [1.54, 1.807) is 18.9 Å². The molecule has 15 nitrogen and oxygen atoms in total. The lowest BCUT2D eigenvalue weighted by atomic mass is 9.94. The average Bonchev–Trinajstić information content (AvgIpc) is 3.49. The molecular weight excluding hydrogens is 524 g/mol. The highest BCUT2D eigenvalue weighted by molar-refractivity contribution is 5.88. The van der Waals surface area contributed by atoms with Gasteiger partial charge in [0.15, 0.2) is 29.9 Å². The van der Waals surface area contributed by atoms with Crippen molar-refractivity contribution in [2.75, 3.05) is 39.0 Å². The number of piperidine rings is 1. The maximum absolute atomic E-state index is 12.3. The largest absolute Gasteiger partial charge is 0.434 e. The summed E-state index contributed by atoms with van der Waals surface area (Å²) in [6, 6.07) is 0. The maximum atomic E-state index is 12.3. The van der Waals surface area contributed by atoms with Gasteiger partial charge in [-0.25, -0.2) is 19.7 Å². The number of aliphatic hydroxyl groups excluding tert-OH is 2. The van der Waals surface area contributed by atoms with Crippen molar-refractivity contribution in [3.63, 3.8) is 0 Å². The standard InChI is InChI=1S/C25H32N8O7/c1-3-27-22(36)19-17(34)18(35)24(40-19)33-12-28-16-20(26)29-15(30-21(16)33)6-4-5-13-7-9-32(10-8-13)25(38)39-14-11-31(2)23(14)37/h12-14,17-19,24,34-35H,3,5,7-11H2,1-2H3,(H,27,36)(H2,26,29,30)/t14?,17-,18+,19-,24+/m0/s1. The van der Waals surface area contributed by atoms with E-state index in [0.717, 1.165) is 12.8 Å². The summed E-state index contributed by atoms with van der Waals surface area (Å²) in [5, 5.41) is 23.5. The molecule has 3 fully saturated rings. The van der Waals surface area contributed by atoms with Crippen LogP contribution in [0.5, 0.6) is 0 Å². The molecule has 3 aliphatic heterocycles. The Balaban J connectivity index is 1.21. The Kier molecular flexibility index (Phi) is 7.74. The first-order valence-electron chi connectivity index (χ1n) is 13.2. The van der Waals surface area contributed by atoms with Gasteiger partial charge in [-0.1, -0.05) is 5.92 Å². The number of aliphatic hydroxyl groups is 2. The number of fused-ring (bicyclic) bond motifs is 1. The molecule has 0 aliphatic carbocycles. The van der Waals surface area contributed by atoms with Crippen molar-refractivity contribution in [1.29, 1.82) is 0 Å². The van der Waals surface area contributed by atoms with Gasteiger partial charge in [-0.15, -0.1) is 0 Å². The van der Waals surface area contributed by atoms with Gasteiger partial charge in [-0.05, 0) is 31.6 Å². The number of aromatic nitrogens is 4. The number of carbonyl (C=O) groups excluding carboxylic acids is 3. The molecule has 0 bridgehead atoms. The number of nitrogens with two attached hydrogens (primary N) is 1. The van der Waals surface area contributed by atoms with Gasteiger partial charge in [0, 0.05) is 33.1 Å². The number of nitrogen functional groups attached to an aromatic ring is 1. The second-order valence-electron chi connectivity index (χ2n) is 10.1. The van der Waals surface area contributed by atoms with Gasteiger partial charge < -0.3 is 40.5 Å². The molecule has 5 rings (SSSR count). The van der Waals surface area contributed by atoms with Gasteiger partial charge in [0.1, 0.15) is 17.7 Å². The van der Waals surface area contributed by atoms with Gasteiger partial charge in [0.2, 0.25) is 5.82 Å². The summed E-state index contributed by atoms with van der Waals surface area (Å²) in [5.41, 5.74) is 6.60. The van der Waals surface area contributed by atoms with Crippen LogP contribution in [0, 0.1) is 17.8 Å². The highest BCUT2D eigenvalue weighted by Gasteiger charge is 2.47. The fourth-order valence-electron chi connectivity index (χ4n) is 4.99. The van der Waals surface area contributed by atoms with Gasteiger partial charge >= 0.3 is 6.09 Å². The molecule has 5 atom stereocenters. The molecule has 0 spiro atoms. The van der Waals surface area contributed by atoms with Crippen LogP contribution in [0.25, 0.3) is 11.2 Å². The summed E-state index contributed by atoms with van der Waals surface area (Å²) in [6.45, 7) is 3.53. The topological polar surface area (TPSA) is 198 Å². The lowest BCUT2D eigenvalue weighted by molar-refractivity contribution is -0.154. The fourth-order valence-corrected chi connectivity index (χ4v) is 4.99. The van der Waals surface area contributed by atoms with Crippen molar-refractivity contribution in [3.8, 4) is 11.8 Å². The fraction of sp³-hybridized carbons (Fsp3) is 0.600. The van der Waals surface area contributed by atoms with Crippen LogP contribution < -0.4 is 11.1 Å². The van der Waals surface area contributed by atoms with Crippen molar-refractivity contribution in [2.24, 2.45) is 5.92 Å². The first-order valence-corrected chi connectivity index (χ1v) is 13.2. The number of amides is 3. The van der Waals surface area contributed by atoms with Gasteiger partial charge in [-0.2, -0.15) is 0 Å². The van der Waals surface area contributed by atoms with Crippen LogP contribution >= 0.6 is 0 Å². The molecule has 1 unspecified atom stereocenters. The van der Waals surface area contributed by atoms with Gasteiger partial charge in [0.05, 0.1) is 12.9 Å². The zero-order valence-electron chi connectivity index (χ0n) is 22.2. The number of carbonyl (C=O) groups is 3. The van der Waals surface area contributed by atoms with E-state index in [1.165, 1.54) is 15.8 Å². The third kappa shape index (κ3) is 5.25. The van der Waals surface area contributed by atoms with Crippen LogP contribution in [0.15, 0.2) is 6.33 Å². The molecule has 3 aliphatic rings. The predicted molar refractivity (Wildman–Crippen MR) is 138 cm³/mol. The first-order chi connectivity index (χ1) is 19.2. The molecule has 3 saturated heterocycles. The number of hydrogen-bond donors (Lipinski definition) is 4. The summed E-state index contributed by atoms with van der Waals surface area (Å²) < 4.78 is 12.4. The Labute approximate surface area is 229 Å². The first kappa shape index (κ1) is 27.6. The molecule has 0 aromatic carbocycles. The third-order valence-corrected chi connectivity index (χ3v) is 7.37. The Morgan fingerprint density at radius 1 is 1.25 bits per heavy atom. The average molecular weight is 557 g/mol. The summed E-state index contributed by atoms with van der Waals surface area (Å²) in [5.74, 6) is 5.78. The van der Waals surface area contributed by atoms with E-state index >= 15 is 0 Å². The smallest absolute Gasteiger partial charge is 0.410 e. The van der Waals surface area contributed by atoms with Crippen molar-refractivity contribution in [3.05, 3.63) is 12.2 Å². The quantitative estimate of drug-likeness (QED) is 0.249. The number of imidazole rings is 1. The second-order valence-corrected chi connectivity index (χ2v) is 10.1. The van der Waals surface area contributed by atoms with Crippen molar-refractivity contribution in [1.82, 2.24) is 34.6 Å². The summed E-state index contributed by atoms with van der Waals surface area (Å²) in [6.07, 6.45) is -2.99. The number of likely N-dealkylation sites (N-methyl/N-ethyl adjacent to an activating group) is 2. The van der Waals surface area contributed by atoms with Crippen molar-refractivity contribution >= 4 is 34.9 Å². The van der Waals surface area contributed by atoms with E-state index in [1.807, 2.05) is 0 Å². The molecule has 5 N–H and O–H groups in total. The minimum atomic E-state index is -1.44. The lowest BCUT2D eigenvalue weighted by Gasteiger charge is -2.37. The number of rotatable bonds is 5. The Hall–Kier alpha value is -4.00. The molecule has 2 aromatic heterocycles. The zero-order chi connectivity index (χ0) is 28.6. The van der Waals surface area contributed by atoms with Crippen LogP contribution in [-0.2, 0) is 19.1 Å².